The minimum Gasteiger partial charge on any atom is -0.396 e. The van der Waals surface area contributed by atoms with Gasteiger partial charge in [-0.05, 0) is 31.0 Å². The van der Waals surface area contributed by atoms with Crippen molar-refractivity contribution in [2.24, 2.45) is 0 Å². The molecule has 0 spiro atoms. The van der Waals surface area contributed by atoms with Crippen molar-refractivity contribution in [3.8, 4) is 0 Å². The van der Waals surface area contributed by atoms with E-state index in [-0.39, 0.29) is 17.7 Å². The second-order valence-corrected chi connectivity index (χ2v) is 4.88. The van der Waals surface area contributed by atoms with Crippen LogP contribution < -0.4 is 5.32 Å². The largest absolute Gasteiger partial charge is 0.396 e. The summed E-state index contributed by atoms with van der Waals surface area (Å²) in [6.45, 7) is 3.15. The number of rotatable bonds is 7. The molecule has 0 aliphatic rings. The van der Waals surface area contributed by atoms with Gasteiger partial charge in [-0.15, -0.1) is 0 Å². The van der Waals surface area contributed by atoms with E-state index in [2.05, 4.69) is 5.32 Å². The standard InChI is InChI=1S/C14H20ClFN2O2/c1-2-3-7-18(8-4-9-19)14(20)17-11-5-6-12(15)13(16)10-11/h5-6,10,19H,2-4,7-9H2,1H3,(H,17,20). The number of aliphatic hydroxyl groups excluding tert-OH is 1. The zero-order valence-electron chi connectivity index (χ0n) is 11.5. The summed E-state index contributed by atoms with van der Waals surface area (Å²) in [6.07, 6.45) is 2.37. The van der Waals surface area contributed by atoms with E-state index in [4.69, 9.17) is 16.7 Å². The number of halogens is 2. The Bertz CT molecular complexity index is 435. The molecule has 0 aromatic heterocycles. The van der Waals surface area contributed by atoms with Crippen molar-refractivity contribution in [2.75, 3.05) is 25.0 Å². The summed E-state index contributed by atoms with van der Waals surface area (Å²) < 4.78 is 13.3. The molecule has 0 saturated carbocycles. The van der Waals surface area contributed by atoms with Crippen molar-refractivity contribution in [2.45, 2.75) is 26.2 Å². The topological polar surface area (TPSA) is 52.6 Å². The van der Waals surface area contributed by atoms with Crippen molar-refractivity contribution in [1.29, 1.82) is 0 Å². The monoisotopic (exact) mass is 302 g/mol. The van der Waals surface area contributed by atoms with E-state index in [0.717, 1.165) is 12.8 Å². The van der Waals surface area contributed by atoms with Crippen molar-refractivity contribution in [3.63, 3.8) is 0 Å². The Morgan fingerprint density at radius 1 is 1.40 bits per heavy atom. The number of amides is 2. The summed E-state index contributed by atoms with van der Waals surface area (Å²) in [5, 5.41) is 11.5. The molecular weight excluding hydrogens is 283 g/mol. The fourth-order valence-electron chi connectivity index (χ4n) is 1.70. The summed E-state index contributed by atoms with van der Waals surface area (Å²) in [5.41, 5.74) is 0.363. The Labute approximate surface area is 123 Å². The van der Waals surface area contributed by atoms with E-state index in [1.807, 2.05) is 6.92 Å². The molecule has 1 aromatic rings. The summed E-state index contributed by atoms with van der Waals surface area (Å²) in [5.74, 6) is -0.570. The number of hydrogen-bond donors (Lipinski definition) is 2. The molecule has 6 heteroatoms. The van der Waals surface area contributed by atoms with Crippen molar-refractivity contribution >= 4 is 23.3 Å². The Morgan fingerprint density at radius 2 is 2.10 bits per heavy atom. The number of nitrogens with one attached hydrogen (secondary N) is 1. The average molecular weight is 303 g/mol. The maximum Gasteiger partial charge on any atom is 0.321 e. The van der Waals surface area contributed by atoms with Crippen LogP contribution in [0.3, 0.4) is 0 Å². The molecule has 0 heterocycles. The Balaban J connectivity index is 2.65. The molecule has 0 bridgehead atoms. The highest BCUT2D eigenvalue weighted by Gasteiger charge is 2.13. The van der Waals surface area contributed by atoms with Crippen LogP contribution in [0.15, 0.2) is 18.2 Å². The van der Waals surface area contributed by atoms with Crippen LogP contribution >= 0.6 is 11.6 Å². The van der Waals surface area contributed by atoms with Gasteiger partial charge >= 0.3 is 6.03 Å². The van der Waals surface area contributed by atoms with E-state index < -0.39 is 5.82 Å². The van der Waals surface area contributed by atoms with Crippen LogP contribution in [0.5, 0.6) is 0 Å². The van der Waals surface area contributed by atoms with Gasteiger partial charge in [-0.1, -0.05) is 24.9 Å². The highest BCUT2D eigenvalue weighted by molar-refractivity contribution is 6.30. The van der Waals surface area contributed by atoms with E-state index >= 15 is 0 Å². The van der Waals surface area contributed by atoms with Crippen molar-refractivity contribution in [3.05, 3.63) is 29.0 Å². The lowest BCUT2D eigenvalue weighted by molar-refractivity contribution is 0.201. The SMILES string of the molecule is CCCCN(CCCO)C(=O)Nc1ccc(Cl)c(F)c1. The molecule has 0 radical (unpaired) electrons. The molecule has 20 heavy (non-hydrogen) atoms. The van der Waals surface area contributed by atoms with Gasteiger partial charge in [-0.2, -0.15) is 0 Å². The van der Waals surface area contributed by atoms with Gasteiger partial charge in [0.15, 0.2) is 0 Å². The predicted molar refractivity (Wildman–Crippen MR) is 78.6 cm³/mol. The number of carbonyl (C=O) groups excluding carboxylic acids is 1. The Kier molecular flexibility index (Phi) is 7.33. The minimum atomic E-state index is -0.570. The number of anilines is 1. The van der Waals surface area contributed by atoms with Gasteiger partial charge in [-0.25, -0.2) is 9.18 Å². The van der Waals surface area contributed by atoms with E-state index in [1.54, 1.807) is 11.0 Å². The van der Waals surface area contributed by atoms with Gasteiger partial charge in [0.2, 0.25) is 0 Å². The van der Waals surface area contributed by atoms with Crippen LogP contribution in [0.25, 0.3) is 0 Å². The number of carbonyl (C=O) groups is 1. The fraction of sp³-hybridized carbons (Fsp3) is 0.500. The van der Waals surface area contributed by atoms with E-state index in [0.29, 0.717) is 25.2 Å². The maximum absolute atomic E-state index is 13.3. The first-order valence-electron chi connectivity index (χ1n) is 6.70. The Morgan fingerprint density at radius 3 is 2.70 bits per heavy atom. The third-order valence-electron chi connectivity index (χ3n) is 2.83. The molecule has 0 unspecified atom stereocenters. The molecule has 0 fully saturated rings. The van der Waals surface area contributed by atoms with Gasteiger partial charge < -0.3 is 15.3 Å². The van der Waals surface area contributed by atoms with E-state index in [9.17, 15) is 9.18 Å². The van der Waals surface area contributed by atoms with Gasteiger partial charge in [0.25, 0.3) is 0 Å². The van der Waals surface area contributed by atoms with Crippen molar-refractivity contribution in [1.82, 2.24) is 4.90 Å². The lowest BCUT2D eigenvalue weighted by Crippen LogP contribution is -2.36. The summed E-state index contributed by atoms with van der Waals surface area (Å²) in [6, 6.07) is 3.84. The lowest BCUT2D eigenvalue weighted by atomic mass is 10.3. The van der Waals surface area contributed by atoms with Gasteiger partial charge in [-0.3, -0.25) is 0 Å². The molecule has 0 aliphatic heterocycles. The van der Waals surface area contributed by atoms with Crippen LogP contribution in [-0.4, -0.2) is 35.7 Å². The second kappa shape index (κ2) is 8.76. The van der Waals surface area contributed by atoms with Gasteiger partial charge in [0.1, 0.15) is 5.82 Å². The molecule has 4 nitrogen and oxygen atoms in total. The summed E-state index contributed by atoms with van der Waals surface area (Å²) in [7, 11) is 0. The van der Waals surface area contributed by atoms with Crippen LogP contribution in [-0.2, 0) is 0 Å². The quantitative estimate of drug-likeness (QED) is 0.810. The highest BCUT2D eigenvalue weighted by atomic mass is 35.5. The molecule has 2 N–H and O–H groups in total. The number of hydrogen-bond acceptors (Lipinski definition) is 2. The second-order valence-electron chi connectivity index (χ2n) is 4.48. The summed E-state index contributed by atoms with van der Waals surface area (Å²) >= 11 is 5.59. The van der Waals surface area contributed by atoms with Crippen LogP contribution in [0, 0.1) is 5.82 Å². The first kappa shape index (κ1) is 16.7. The molecular formula is C14H20ClFN2O2. The first-order chi connectivity index (χ1) is 9.58. The average Bonchev–Trinajstić information content (AvgIpc) is 2.43. The normalized spacial score (nSPS) is 10.4. The number of unbranched alkanes of at least 4 members (excludes halogenated alkanes) is 1. The smallest absolute Gasteiger partial charge is 0.321 e. The molecule has 2 amide bonds. The van der Waals surface area contributed by atoms with E-state index in [1.165, 1.54) is 12.1 Å². The summed E-state index contributed by atoms with van der Waals surface area (Å²) in [4.78, 5) is 13.7. The number of aliphatic hydroxyl groups is 1. The molecule has 112 valence electrons. The van der Waals surface area contributed by atoms with Crippen LogP contribution in [0.2, 0.25) is 5.02 Å². The van der Waals surface area contributed by atoms with Gasteiger partial charge in [0.05, 0.1) is 5.02 Å². The van der Waals surface area contributed by atoms with Crippen LogP contribution in [0.4, 0.5) is 14.9 Å². The number of nitrogens with zero attached hydrogens (tertiary/aromatic N) is 1. The van der Waals surface area contributed by atoms with Crippen LogP contribution in [0.1, 0.15) is 26.2 Å². The Hall–Kier alpha value is -1.33. The molecule has 0 atom stereocenters. The molecule has 0 aliphatic carbocycles. The third-order valence-corrected chi connectivity index (χ3v) is 3.13. The zero-order valence-corrected chi connectivity index (χ0v) is 12.3. The molecule has 0 saturated heterocycles. The number of benzene rings is 1. The minimum absolute atomic E-state index is 0.0196. The zero-order chi connectivity index (χ0) is 15.0. The predicted octanol–water partition coefficient (Wildman–Crippen LogP) is 3.50. The molecule has 1 rings (SSSR count). The van der Waals surface area contributed by atoms with Crippen molar-refractivity contribution < 1.29 is 14.3 Å². The van der Waals surface area contributed by atoms with Gasteiger partial charge in [0, 0.05) is 25.4 Å². The number of urea groups is 1. The maximum atomic E-state index is 13.3. The fourth-order valence-corrected chi connectivity index (χ4v) is 1.82. The third kappa shape index (κ3) is 5.35. The molecule has 1 aromatic carbocycles. The highest BCUT2D eigenvalue weighted by Crippen LogP contribution is 2.19. The first-order valence-corrected chi connectivity index (χ1v) is 7.08. The lowest BCUT2D eigenvalue weighted by Gasteiger charge is -2.22.